The maximum absolute atomic E-state index is 12.5. The number of carbonyl (C=O) groups is 2. The minimum absolute atomic E-state index is 0.0131. The van der Waals surface area contributed by atoms with E-state index in [9.17, 15) is 9.59 Å². The van der Waals surface area contributed by atoms with Crippen molar-refractivity contribution in [1.29, 1.82) is 0 Å². The van der Waals surface area contributed by atoms with E-state index in [-0.39, 0.29) is 11.7 Å². The number of hydrogen-bond acceptors (Lipinski definition) is 4. The Bertz CT molecular complexity index is 861. The molecule has 0 saturated carbocycles. The Hall–Kier alpha value is -2.86. The lowest BCUT2D eigenvalue weighted by Crippen LogP contribution is -2.51. The van der Waals surface area contributed by atoms with Crippen LogP contribution in [0.2, 0.25) is 0 Å². The van der Waals surface area contributed by atoms with Gasteiger partial charge in [0.05, 0.1) is 31.0 Å². The number of rotatable bonds is 12. The second kappa shape index (κ2) is 12.1. The summed E-state index contributed by atoms with van der Waals surface area (Å²) in [5.41, 5.74) is 3.19. The quantitative estimate of drug-likeness (QED) is 0.345. The number of benzene rings is 2. The van der Waals surface area contributed by atoms with Gasteiger partial charge in [-0.1, -0.05) is 19.1 Å². The molecular weight excluding hydrogens is 388 g/mol. The second-order valence-corrected chi connectivity index (χ2v) is 7.88. The Labute approximate surface area is 186 Å². The zero-order valence-electron chi connectivity index (χ0n) is 19.2. The molecule has 0 spiro atoms. The monoisotopic (exact) mass is 423 g/mol. The van der Waals surface area contributed by atoms with Crippen molar-refractivity contribution in [2.45, 2.75) is 47.0 Å². The summed E-state index contributed by atoms with van der Waals surface area (Å²) in [7, 11) is 0. The molecule has 0 aliphatic carbocycles. The SMILES string of the molecule is CCCC(=O)Nc1ccc(N=Nc2ccc(CC(=O)C[N+](CC)(CC)CC)cc2)cc1. The van der Waals surface area contributed by atoms with Gasteiger partial charge in [0, 0.05) is 18.5 Å². The van der Waals surface area contributed by atoms with Crippen LogP contribution in [0.4, 0.5) is 17.1 Å². The highest BCUT2D eigenvalue weighted by Gasteiger charge is 2.24. The first-order valence-corrected chi connectivity index (χ1v) is 11.2. The topological polar surface area (TPSA) is 70.9 Å². The third kappa shape index (κ3) is 7.72. The highest BCUT2D eigenvalue weighted by atomic mass is 16.1. The van der Waals surface area contributed by atoms with E-state index in [1.807, 2.05) is 55.5 Å². The van der Waals surface area contributed by atoms with Crippen LogP contribution in [-0.4, -0.2) is 42.4 Å². The van der Waals surface area contributed by atoms with Gasteiger partial charge in [0.2, 0.25) is 5.91 Å². The van der Waals surface area contributed by atoms with Crippen molar-refractivity contribution in [3.8, 4) is 0 Å². The number of carbonyl (C=O) groups excluding carboxylic acids is 2. The fraction of sp³-hybridized carbons (Fsp3) is 0.440. The van der Waals surface area contributed by atoms with Crippen LogP contribution in [-0.2, 0) is 16.0 Å². The number of Topliss-reactive ketones (excluding diaryl/α,β-unsaturated/α-hetero) is 1. The van der Waals surface area contributed by atoms with Crippen molar-refractivity contribution in [3.63, 3.8) is 0 Å². The highest BCUT2D eigenvalue weighted by molar-refractivity contribution is 5.90. The van der Waals surface area contributed by atoms with Crippen LogP contribution >= 0.6 is 0 Å². The molecule has 0 fully saturated rings. The molecule has 0 bridgehead atoms. The summed E-state index contributed by atoms with van der Waals surface area (Å²) in [5.74, 6) is 0.283. The van der Waals surface area contributed by atoms with Gasteiger partial charge in [0.25, 0.3) is 0 Å². The number of azo groups is 1. The highest BCUT2D eigenvalue weighted by Crippen LogP contribution is 2.21. The van der Waals surface area contributed by atoms with Crippen LogP contribution < -0.4 is 5.32 Å². The van der Waals surface area contributed by atoms with E-state index in [2.05, 4.69) is 36.3 Å². The van der Waals surface area contributed by atoms with E-state index in [0.29, 0.717) is 25.1 Å². The zero-order chi connectivity index (χ0) is 22.7. The smallest absolute Gasteiger partial charge is 0.224 e. The lowest BCUT2D eigenvalue weighted by Gasteiger charge is -2.35. The Morgan fingerprint density at radius 2 is 1.32 bits per heavy atom. The van der Waals surface area contributed by atoms with Crippen LogP contribution in [0, 0.1) is 0 Å². The number of quaternary nitrogens is 1. The van der Waals surface area contributed by atoms with Gasteiger partial charge in [-0.15, -0.1) is 0 Å². The molecule has 0 aliphatic heterocycles. The number of anilines is 1. The Morgan fingerprint density at radius 3 is 1.81 bits per heavy atom. The normalized spacial score (nSPS) is 11.6. The van der Waals surface area contributed by atoms with Crippen LogP contribution in [0.15, 0.2) is 58.8 Å². The van der Waals surface area contributed by atoms with Crippen molar-refractivity contribution in [2.24, 2.45) is 10.2 Å². The van der Waals surface area contributed by atoms with Crippen molar-refractivity contribution < 1.29 is 14.1 Å². The minimum atomic E-state index is 0.0131. The van der Waals surface area contributed by atoms with Crippen molar-refractivity contribution in [3.05, 3.63) is 54.1 Å². The third-order valence-corrected chi connectivity index (χ3v) is 5.77. The van der Waals surface area contributed by atoms with Gasteiger partial charge in [0.15, 0.2) is 5.78 Å². The molecule has 0 atom stereocenters. The number of nitrogens with one attached hydrogen (secondary N) is 1. The van der Waals surface area contributed by atoms with Crippen LogP contribution in [0.1, 0.15) is 46.1 Å². The molecule has 2 rings (SSSR count). The van der Waals surface area contributed by atoms with E-state index in [1.165, 1.54) is 0 Å². The fourth-order valence-corrected chi connectivity index (χ4v) is 3.52. The summed E-state index contributed by atoms with van der Waals surface area (Å²) in [6.07, 6.45) is 1.78. The molecule has 2 aromatic rings. The summed E-state index contributed by atoms with van der Waals surface area (Å²) < 4.78 is 0.839. The van der Waals surface area contributed by atoms with Crippen LogP contribution in [0.3, 0.4) is 0 Å². The van der Waals surface area contributed by atoms with E-state index in [4.69, 9.17) is 0 Å². The number of likely N-dealkylation sites (N-methyl/N-ethyl adjacent to an activating group) is 1. The summed E-state index contributed by atoms with van der Waals surface area (Å²) in [6, 6.07) is 14.9. The van der Waals surface area contributed by atoms with E-state index >= 15 is 0 Å². The lowest BCUT2D eigenvalue weighted by atomic mass is 10.1. The molecule has 1 N–H and O–H groups in total. The van der Waals surface area contributed by atoms with Crippen molar-refractivity contribution in [2.75, 3.05) is 31.5 Å². The summed E-state index contributed by atoms with van der Waals surface area (Å²) in [5, 5.41) is 11.4. The van der Waals surface area contributed by atoms with E-state index in [1.54, 1.807) is 0 Å². The number of ketones is 1. The van der Waals surface area contributed by atoms with Gasteiger partial charge in [-0.3, -0.25) is 9.59 Å². The maximum Gasteiger partial charge on any atom is 0.224 e. The van der Waals surface area contributed by atoms with E-state index in [0.717, 1.165) is 47.5 Å². The Balaban J connectivity index is 1.92. The maximum atomic E-state index is 12.5. The molecule has 0 aromatic heterocycles. The first-order chi connectivity index (χ1) is 14.9. The predicted octanol–water partition coefficient (Wildman–Crippen LogP) is 5.83. The number of hydrogen-bond donors (Lipinski definition) is 1. The molecule has 0 aliphatic rings. The molecule has 0 saturated heterocycles. The molecule has 31 heavy (non-hydrogen) atoms. The predicted molar refractivity (Wildman–Crippen MR) is 126 cm³/mol. The lowest BCUT2D eigenvalue weighted by molar-refractivity contribution is -0.915. The van der Waals surface area contributed by atoms with E-state index < -0.39 is 0 Å². The zero-order valence-corrected chi connectivity index (χ0v) is 19.2. The molecule has 0 heterocycles. The van der Waals surface area contributed by atoms with Gasteiger partial charge < -0.3 is 9.80 Å². The largest absolute Gasteiger partial charge is 0.326 e. The average molecular weight is 424 g/mol. The standard InChI is InChI=1S/C25H34N4O2/c1-5-9-25(31)26-21-14-16-23(17-15-21)28-27-22-12-10-20(11-13-22)18-24(30)19-29(6-2,7-3)8-4/h10-17H,5-9,18-19H2,1-4H3/p+1. The van der Waals surface area contributed by atoms with Gasteiger partial charge in [-0.25, -0.2) is 0 Å². The van der Waals surface area contributed by atoms with Crippen molar-refractivity contribution >= 4 is 28.8 Å². The third-order valence-electron chi connectivity index (χ3n) is 5.77. The van der Waals surface area contributed by atoms with Crippen LogP contribution in [0.5, 0.6) is 0 Å². The van der Waals surface area contributed by atoms with Gasteiger partial charge in [0.1, 0.15) is 6.54 Å². The molecule has 2 aromatic carbocycles. The van der Waals surface area contributed by atoms with Gasteiger partial charge in [-0.05, 0) is 69.2 Å². The first kappa shape index (κ1) is 24.4. The molecule has 0 radical (unpaired) electrons. The summed E-state index contributed by atoms with van der Waals surface area (Å²) in [4.78, 5) is 24.2. The molecule has 6 heteroatoms. The number of nitrogens with zero attached hydrogens (tertiary/aromatic N) is 3. The summed E-state index contributed by atoms with van der Waals surface area (Å²) >= 11 is 0. The summed E-state index contributed by atoms with van der Waals surface area (Å²) in [6.45, 7) is 11.9. The molecular formula is C25H35N4O2+. The van der Waals surface area contributed by atoms with Crippen LogP contribution in [0.25, 0.3) is 0 Å². The Kier molecular flexibility index (Phi) is 9.53. The fourth-order valence-electron chi connectivity index (χ4n) is 3.52. The Morgan fingerprint density at radius 1 is 0.806 bits per heavy atom. The molecule has 166 valence electrons. The molecule has 0 unspecified atom stereocenters. The number of amides is 1. The van der Waals surface area contributed by atoms with Crippen molar-refractivity contribution in [1.82, 2.24) is 0 Å². The average Bonchev–Trinajstić information content (AvgIpc) is 2.78. The molecule has 6 nitrogen and oxygen atoms in total. The van der Waals surface area contributed by atoms with Gasteiger partial charge in [-0.2, -0.15) is 10.2 Å². The minimum Gasteiger partial charge on any atom is -0.326 e. The molecule has 1 amide bonds. The second-order valence-electron chi connectivity index (χ2n) is 7.88. The first-order valence-electron chi connectivity index (χ1n) is 11.2. The van der Waals surface area contributed by atoms with Gasteiger partial charge >= 0.3 is 0 Å².